The molecule has 5 heteroatoms. The molecule has 0 aromatic heterocycles. The molecule has 0 aliphatic carbocycles. The first-order chi connectivity index (χ1) is 8.16. The molecule has 0 saturated carbocycles. The van der Waals surface area contributed by atoms with Crippen LogP contribution in [-0.2, 0) is 4.79 Å². The van der Waals surface area contributed by atoms with Gasteiger partial charge in [-0.2, -0.15) is 0 Å². The van der Waals surface area contributed by atoms with Crippen LogP contribution in [0.4, 0.5) is 10.1 Å². The minimum Gasteiger partial charge on any atom is -0.323 e. The molecular weight excluding hydrogens is 287 g/mol. The highest BCUT2D eigenvalue weighted by molar-refractivity contribution is 9.10. The van der Waals surface area contributed by atoms with Gasteiger partial charge in [0.25, 0.3) is 0 Å². The maximum absolute atomic E-state index is 13.5. The minimum atomic E-state index is -0.420. The molecule has 17 heavy (non-hydrogen) atoms. The van der Waals surface area contributed by atoms with E-state index < -0.39 is 5.82 Å². The molecule has 1 aliphatic heterocycles. The van der Waals surface area contributed by atoms with Gasteiger partial charge in [-0.25, -0.2) is 4.39 Å². The molecular formula is C12H14BrFN2O. The van der Waals surface area contributed by atoms with Crippen molar-refractivity contribution in [1.82, 2.24) is 5.32 Å². The second kappa shape index (κ2) is 5.60. The first-order valence-electron chi connectivity index (χ1n) is 5.63. The lowest BCUT2D eigenvalue weighted by atomic mass is 9.99. The van der Waals surface area contributed by atoms with E-state index in [0.29, 0.717) is 11.0 Å². The average molecular weight is 301 g/mol. The van der Waals surface area contributed by atoms with E-state index in [4.69, 9.17) is 0 Å². The van der Waals surface area contributed by atoms with Crippen molar-refractivity contribution in [3.8, 4) is 0 Å². The number of halogens is 2. The molecule has 2 rings (SSSR count). The van der Waals surface area contributed by atoms with Crippen molar-refractivity contribution in [3.63, 3.8) is 0 Å². The monoisotopic (exact) mass is 300 g/mol. The maximum Gasteiger partial charge on any atom is 0.228 e. The number of rotatable bonds is 2. The van der Waals surface area contributed by atoms with Gasteiger partial charge in [-0.05, 0) is 37.6 Å². The number of carbonyl (C=O) groups excluding carboxylic acids is 1. The Labute approximate surface area is 108 Å². The zero-order chi connectivity index (χ0) is 12.3. The number of hydrogen-bond acceptors (Lipinski definition) is 2. The number of amides is 1. The summed E-state index contributed by atoms with van der Waals surface area (Å²) >= 11 is 3.18. The standard InChI is InChI=1S/C12H14BrFN2O/c13-9-3-4-11(10(14)6-9)16-12(17)8-2-1-5-15-7-8/h3-4,6,8,15H,1-2,5,7H2,(H,16,17). The molecule has 0 bridgehead atoms. The van der Waals surface area contributed by atoms with Gasteiger partial charge in [-0.15, -0.1) is 0 Å². The van der Waals surface area contributed by atoms with Gasteiger partial charge in [0.2, 0.25) is 5.91 Å². The van der Waals surface area contributed by atoms with Gasteiger partial charge in [0.1, 0.15) is 5.82 Å². The second-order valence-corrected chi connectivity index (χ2v) is 5.07. The van der Waals surface area contributed by atoms with E-state index in [0.717, 1.165) is 19.4 Å². The molecule has 1 aromatic carbocycles. The van der Waals surface area contributed by atoms with E-state index in [2.05, 4.69) is 26.6 Å². The van der Waals surface area contributed by atoms with Crippen LogP contribution < -0.4 is 10.6 Å². The number of benzene rings is 1. The summed E-state index contributed by atoms with van der Waals surface area (Å²) in [6.07, 6.45) is 1.85. The fourth-order valence-corrected chi connectivity index (χ4v) is 2.23. The summed E-state index contributed by atoms with van der Waals surface area (Å²) in [6.45, 7) is 1.63. The average Bonchev–Trinajstić information content (AvgIpc) is 2.34. The summed E-state index contributed by atoms with van der Waals surface area (Å²) in [5.74, 6) is -0.596. The van der Waals surface area contributed by atoms with Crippen molar-refractivity contribution >= 4 is 27.5 Å². The summed E-state index contributed by atoms with van der Waals surface area (Å²) in [6, 6.07) is 4.61. The van der Waals surface area contributed by atoms with Gasteiger partial charge in [0.05, 0.1) is 11.6 Å². The van der Waals surface area contributed by atoms with E-state index in [1.807, 2.05) is 0 Å². The van der Waals surface area contributed by atoms with Crippen molar-refractivity contribution in [2.75, 3.05) is 18.4 Å². The lowest BCUT2D eigenvalue weighted by Gasteiger charge is -2.22. The van der Waals surface area contributed by atoms with Crippen molar-refractivity contribution in [3.05, 3.63) is 28.5 Å². The third-order valence-corrected chi connectivity index (χ3v) is 3.35. The number of piperidine rings is 1. The number of anilines is 1. The number of hydrogen-bond donors (Lipinski definition) is 2. The predicted octanol–water partition coefficient (Wildman–Crippen LogP) is 2.53. The zero-order valence-electron chi connectivity index (χ0n) is 9.30. The lowest BCUT2D eigenvalue weighted by Crippen LogP contribution is -2.37. The Morgan fingerprint density at radius 1 is 1.53 bits per heavy atom. The molecule has 1 fully saturated rings. The highest BCUT2D eigenvalue weighted by Gasteiger charge is 2.21. The topological polar surface area (TPSA) is 41.1 Å². The molecule has 1 aliphatic rings. The molecule has 1 saturated heterocycles. The van der Waals surface area contributed by atoms with E-state index in [1.54, 1.807) is 12.1 Å². The fraction of sp³-hybridized carbons (Fsp3) is 0.417. The molecule has 3 nitrogen and oxygen atoms in total. The Hall–Kier alpha value is -0.940. The maximum atomic E-state index is 13.5. The van der Waals surface area contributed by atoms with Gasteiger partial charge < -0.3 is 10.6 Å². The molecule has 0 radical (unpaired) electrons. The van der Waals surface area contributed by atoms with Crippen LogP contribution in [0.5, 0.6) is 0 Å². The van der Waals surface area contributed by atoms with Crippen molar-refractivity contribution in [2.45, 2.75) is 12.8 Å². The SMILES string of the molecule is O=C(Nc1ccc(Br)cc1F)C1CCCNC1. The summed E-state index contributed by atoms with van der Waals surface area (Å²) in [5.41, 5.74) is 0.240. The quantitative estimate of drug-likeness (QED) is 0.881. The summed E-state index contributed by atoms with van der Waals surface area (Å²) in [4.78, 5) is 11.9. The normalized spacial score (nSPS) is 20.0. The first kappa shape index (κ1) is 12.5. The summed E-state index contributed by atoms with van der Waals surface area (Å²) in [5, 5.41) is 5.80. The van der Waals surface area contributed by atoms with E-state index in [9.17, 15) is 9.18 Å². The van der Waals surface area contributed by atoms with Gasteiger partial charge in [-0.3, -0.25) is 4.79 Å². The van der Waals surface area contributed by atoms with Crippen molar-refractivity contribution in [2.24, 2.45) is 5.92 Å². The highest BCUT2D eigenvalue weighted by atomic mass is 79.9. The van der Waals surface area contributed by atoms with Crippen LogP contribution in [-0.4, -0.2) is 19.0 Å². The van der Waals surface area contributed by atoms with Crippen molar-refractivity contribution < 1.29 is 9.18 Å². The van der Waals surface area contributed by atoms with Crippen LogP contribution in [0.3, 0.4) is 0 Å². The van der Waals surface area contributed by atoms with Crippen LogP contribution >= 0.6 is 15.9 Å². The smallest absolute Gasteiger partial charge is 0.228 e. The van der Waals surface area contributed by atoms with Crippen molar-refractivity contribution in [1.29, 1.82) is 0 Å². The molecule has 1 amide bonds. The summed E-state index contributed by atoms with van der Waals surface area (Å²) in [7, 11) is 0. The Bertz CT molecular complexity index is 419. The molecule has 1 heterocycles. The molecule has 1 aromatic rings. The van der Waals surface area contributed by atoms with Crippen LogP contribution in [0, 0.1) is 11.7 Å². The third-order valence-electron chi connectivity index (χ3n) is 2.86. The first-order valence-corrected chi connectivity index (χ1v) is 6.43. The third kappa shape index (κ3) is 3.26. The second-order valence-electron chi connectivity index (χ2n) is 4.16. The molecule has 92 valence electrons. The Morgan fingerprint density at radius 3 is 3.00 bits per heavy atom. The van der Waals surface area contributed by atoms with E-state index in [-0.39, 0.29) is 17.5 Å². The van der Waals surface area contributed by atoms with Gasteiger partial charge in [0.15, 0.2) is 0 Å². The Morgan fingerprint density at radius 2 is 2.35 bits per heavy atom. The van der Waals surface area contributed by atoms with Gasteiger partial charge in [-0.1, -0.05) is 15.9 Å². The Balaban J connectivity index is 2.02. The Kier molecular flexibility index (Phi) is 4.12. The lowest BCUT2D eigenvalue weighted by molar-refractivity contribution is -0.120. The number of carbonyl (C=O) groups is 1. The fourth-order valence-electron chi connectivity index (χ4n) is 1.90. The molecule has 1 unspecified atom stereocenters. The van der Waals surface area contributed by atoms with E-state index >= 15 is 0 Å². The summed E-state index contributed by atoms with van der Waals surface area (Å²) < 4.78 is 14.2. The predicted molar refractivity (Wildman–Crippen MR) is 68.3 cm³/mol. The van der Waals surface area contributed by atoms with Crippen LogP contribution in [0.15, 0.2) is 22.7 Å². The highest BCUT2D eigenvalue weighted by Crippen LogP contribution is 2.21. The minimum absolute atomic E-state index is 0.0632. The largest absolute Gasteiger partial charge is 0.323 e. The van der Waals surface area contributed by atoms with E-state index in [1.165, 1.54) is 6.07 Å². The van der Waals surface area contributed by atoms with Gasteiger partial charge >= 0.3 is 0 Å². The van der Waals surface area contributed by atoms with Crippen LogP contribution in [0.25, 0.3) is 0 Å². The molecule has 1 atom stereocenters. The molecule has 2 N–H and O–H groups in total. The zero-order valence-corrected chi connectivity index (χ0v) is 10.9. The van der Waals surface area contributed by atoms with Gasteiger partial charge in [0, 0.05) is 11.0 Å². The molecule has 0 spiro atoms. The number of nitrogens with one attached hydrogen (secondary N) is 2. The van der Waals surface area contributed by atoms with Crippen LogP contribution in [0.2, 0.25) is 0 Å². The van der Waals surface area contributed by atoms with Crippen LogP contribution in [0.1, 0.15) is 12.8 Å².